The Balaban J connectivity index is 1.37. The van der Waals surface area contributed by atoms with Crippen molar-refractivity contribution in [3.8, 4) is 10.7 Å². The van der Waals surface area contributed by atoms with Crippen LogP contribution < -0.4 is 0 Å². The molecule has 0 spiro atoms. The fourth-order valence-electron chi connectivity index (χ4n) is 4.31. The highest BCUT2D eigenvalue weighted by Gasteiger charge is 2.32. The molecule has 2 aromatic heterocycles. The predicted octanol–water partition coefficient (Wildman–Crippen LogP) is 4.16. The van der Waals surface area contributed by atoms with Crippen molar-refractivity contribution in [2.75, 3.05) is 18.8 Å². The topological polar surface area (TPSA) is 51.0 Å². The molecule has 140 valence electrons. The van der Waals surface area contributed by atoms with Crippen LogP contribution in [0, 0.1) is 11.8 Å². The van der Waals surface area contributed by atoms with E-state index in [-0.39, 0.29) is 5.91 Å². The average molecular weight is 391 g/mol. The van der Waals surface area contributed by atoms with E-state index in [0.717, 1.165) is 47.3 Å². The lowest BCUT2D eigenvalue weighted by Crippen LogP contribution is -2.45. The van der Waals surface area contributed by atoms with Gasteiger partial charge in [0.1, 0.15) is 0 Å². The Morgan fingerprint density at radius 2 is 2.12 bits per heavy atom. The van der Waals surface area contributed by atoms with E-state index in [0.29, 0.717) is 5.75 Å². The van der Waals surface area contributed by atoms with Crippen LogP contribution in [0.5, 0.6) is 0 Å². The Kier molecular flexibility index (Phi) is 5.64. The lowest BCUT2D eigenvalue weighted by atomic mass is 9.75. The number of carbonyl (C=O) groups is 1. The van der Waals surface area contributed by atoms with Gasteiger partial charge >= 0.3 is 0 Å². The third-order valence-electron chi connectivity index (χ3n) is 5.74. The second-order valence-corrected chi connectivity index (χ2v) is 9.14. The van der Waals surface area contributed by atoms with Crippen molar-refractivity contribution in [2.24, 2.45) is 11.8 Å². The van der Waals surface area contributed by atoms with Crippen LogP contribution in [0.2, 0.25) is 0 Å². The summed E-state index contributed by atoms with van der Waals surface area (Å²) in [6, 6.07) is 4.09. The number of fused-ring (bicyclic) bond motifs is 1. The molecule has 2 atom stereocenters. The number of aromatic nitrogens is 3. The molecule has 2 aromatic rings. The van der Waals surface area contributed by atoms with Crippen molar-refractivity contribution in [3.05, 3.63) is 17.5 Å². The van der Waals surface area contributed by atoms with Crippen LogP contribution >= 0.6 is 23.1 Å². The molecule has 1 saturated heterocycles. The molecule has 0 aromatic carbocycles. The molecule has 3 heterocycles. The van der Waals surface area contributed by atoms with Gasteiger partial charge in [-0.1, -0.05) is 37.1 Å². The van der Waals surface area contributed by atoms with Gasteiger partial charge in [0.05, 0.1) is 10.6 Å². The smallest absolute Gasteiger partial charge is 0.233 e. The molecule has 26 heavy (non-hydrogen) atoms. The molecule has 1 aliphatic carbocycles. The van der Waals surface area contributed by atoms with Gasteiger partial charge in [0.15, 0.2) is 11.0 Å². The number of thioether (sulfide) groups is 1. The van der Waals surface area contributed by atoms with Gasteiger partial charge in [-0.05, 0) is 43.0 Å². The van der Waals surface area contributed by atoms with E-state index in [2.05, 4.69) is 38.0 Å². The zero-order valence-corrected chi connectivity index (χ0v) is 16.9. The average Bonchev–Trinajstić information content (AvgIpc) is 3.34. The van der Waals surface area contributed by atoms with Crippen molar-refractivity contribution in [2.45, 2.75) is 50.7 Å². The lowest BCUT2D eigenvalue weighted by molar-refractivity contribution is -0.131. The summed E-state index contributed by atoms with van der Waals surface area (Å²) >= 11 is 3.19. The maximum absolute atomic E-state index is 12.7. The van der Waals surface area contributed by atoms with E-state index in [1.807, 2.05) is 6.07 Å². The van der Waals surface area contributed by atoms with Gasteiger partial charge in [0.25, 0.3) is 0 Å². The molecular formula is C19H26N4OS2. The first-order valence-electron chi connectivity index (χ1n) is 9.64. The number of thiophene rings is 1. The number of hydrogen-bond acceptors (Lipinski definition) is 5. The minimum absolute atomic E-state index is 0.252. The van der Waals surface area contributed by atoms with E-state index in [9.17, 15) is 4.79 Å². The van der Waals surface area contributed by atoms with Gasteiger partial charge in [-0.2, -0.15) is 0 Å². The quantitative estimate of drug-likeness (QED) is 0.720. The van der Waals surface area contributed by atoms with Crippen LogP contribution in [0.15, 0.2) is 22.7 Å². The van der Waals surface area contributed by atoms with Crippen LogP contribution in [0.25, 0.3) is 10.7 Å². The van der Waals surface area contributed by atoms with E-state index >= 15 is 0 Å². The van der Waals surface area contributed by atoms with E-state index < -0.39 is 0 Å². The van der Waals surface area contributed by atoms with Gasteiger partial charge in [-0.25, -0.2) is 0 Å². The number of amides is 1. The summed E-state index contributed by atoms with van der Waals surface area (Å²) in [5.74, 6) is 3.20. The summed E-state index contributed by atoms with van der Waals surface area (Å²) in [4.78, 5) is 15.9. The summed E-state index contributed by atoms with van der Waals surface area (Å²) in [7, 11) is 0. The number of nitrogens with zero attached hydrogens (tertiary/aromatic N) is 4. The zero-order valence-electron chi connectivity index (χ0n) is 15.3. The largest absolute Gasteiger partial charge is 0.342 e. The Morgan fingerprint density at radius 3 is 2.88 bits per heavy atom. The standard InChI is InChI=1S/C19H26N4OS2/c1-2-23-18(16-8-5-11-25-16)20-21-19(23)26-13-17(24)22-10-9-14-6-3-4-7-15(14)12-22/h5,8,11,14-15H,2-4,6-7,9-10,12-13H2,1H3/t14-,15-/m0/s1. The first-order chi connectivity index (χ1) is 12.8. The minimum Gasteiger partial charge on any atom is -0.342 e. The van der Waals surface area contributed by atoms with Crippen molar-refractivity contribution >= 4 is 29.0 Å². The Hall–Kier alpha value is -1.34. The minimum atomic E-state index is 0.252. The molecule has 0 unspecified atom stereocenters. The molecule has 2 fully saturated rings. The number of carbonyl (C=O) groups excluding carboxylic acids is 1. The zero-order chi connectivity index (χ0) is 17.9. The first kappa shape index (κ1) is 18.0. The van der Waals surface area contributed by atoms with E-state index in [1.165, 1.54) is 43.9 Å². The monoisotopic (exact) mass is 390 g/mol. The number of likely N-dealkylation sites (tertiary alicyclic amines) is 1. The van der Waals surface area contributed by atoms with Crippen LogP contribution in [-0.4, -0.2) is 44.4 Å². The van der Waals surface area contributed by atoms with Gasteiger partial charge in [0.2, 0.25) is 5.91 Å². The maximum atomic E-state index is 12.7. The van der Waals surface area contributed by atoms with Crippen molar-refractivity contribution in [1.29, 1.82) is 0 Å². The molecule has 1 amide bonds. The van der Waals surface area contributed by atoms with Gasteiger partial charge in [0, 0.05) is 19.6 Å². The van der Waals surface area contributed by atoms with Crippen LogP contribution in [-0.2, 0) is 11.3 Å². The summed E-state index contributed by atoms with van der Waals surface area (Å²) in [6.07, 6.45) is 6.57. The maximum Gasteiger partial charge on any atom is 0.233 e. The van der Waals surface area contributed by atoms with Crippen LogP contribution in [0.1, 0.15) is 39.0 Å². The third-order valence-corrected chi connectivity index (χ3v) is 7.56. The summed E-state index contributed by atoms with van der Waals surface area (Å²) in [5, 5.41) is 11.6. The second-order valence-electron chi connectivity index (χ2n) is 7.25. The van der Waals surface area contributed by atoms with Gasteiger partial charge < -0.3 is 9.47 Å². The summed E-state index contributed by atoms with van der Waals surface area (Å²) in [5.41, 5.74) is 0. The third kappa shape index (κ3) is 3.69. The highest BCUT2D eigenvalue weighted by molar-refractivity contribution is 7.99. The first-order valence-corrected chi connectivity index (χ1v) is 11.5. The van der Waals surface area contributed by atoms with Gasteiger partial charge in [-0.3, -0.25) is 4.79 Å². The van der Waals surface area contributed by atoms with Crippen molar-refractivity contribution in [1.82, 2.24) is 19.7 Å². The summed E-state index contributed by atoms with van der Waals surface area (Å²) in [6.45, 7) is 4.80. The normalized spacial score (nSPS) is 23.0. The number of rotatable bonds is 5. The molecule has 0 N–H and O–H groups in total. The Bertz CT molecular complexity index is 743. The van der Waals surface area contributed by atoms with Crippen molar-refractivity contribution < 1.29 is 4.79 Å². The SMILES string of the molecule is CCn1c(SCC(=O)N2CC[C@@H]3CCCC[C@H]3C2)nnc1-c1cccs1. The lowest BCUT2D eigenvalue weighted by Gasteiger charge is -2.41. The molecule has 2 aliphatic rings. The number of piperidine rings is 1. The fourth-order valence-corrected chi connectivity index (χ4v) is 5.94. The molecule has 4 rings (SSSR count). The predicted molar refractivity (Wildman–Crippen MR) is 106 cm³/mol. The molecule has 5 nitrogen and oxygen atoms in total. The van der Waals surface area contributed by atoms with Crippen LogP contribution in [0.3, 0.4) is 0 Å². The highest BCUT2D eigenvalue weighted by Crippen LogP contribution is 2.36. The molecule has 0 radical (unpaired) electrons. The van der Waals surface area contributed by atoms with E-state index in [1.54, 1.807) is 11.3 Å². The summed E-state index contributed by atoms with van der Waals surface area (Å²) < 4.78 is 2.11. The molecule has 0 bridgehead atoms. The van der Waals surface area contributed by atoms with Gasteiger partial charge in [-0.15, -0.1) is 21.5 Å². The highest BCUT2D eigenvalue weighted by atomic mass is 32.2. The second kappa shape index (κ2) is 8.13. The van der Waals surface area contributed by atoms with Crippen LogP contribution in [0.4, 0.5) is 0 Å². The molecule has 1 aliphatic heterocycles. The Labute approximate surface area is 163 Å². The Morgan fingerprint density at radius 1 is 1.27 bits per heavy atom. The molecule has 1 saturated carbocycles. The van der Waals surface area contributed by atoms with Crippen molar-refractivity contribution in [3.63, 3.8) is 0 Å². The molecule has 7 heteroatoms. The molecular weight excluding hydrogens is 364 g/mol. The van der Waals surface area contributed by atoms with E-state index in [4.69, 9.17) is 0 Å². The fraction of sp³-hybridized carbons (Fsp3) is 0.632. The number of hydrogen-bond donors (Lipinski definition) is 0.